The van der Waals surface area contributed by atoms with E-state index in [0.717, 1.165) is 11.1 Å². The number of halogens is 1. The Balaban J connectivity index is 1.88. The number of benzene rings is 2. The Morgan fingerprint density at radius 2 is 1.56 bits per heavy atom. The number of ether oxygens (including phenoxy) is 1. The summed E-state index contributed by atoms with van der Waals surface area (Å²) in [4.78, 5) is 25.9. The monoisotopic (exact) mass is 354 g/mol. The molecule has 4 heteroatoms. The summed E-state index contributed by atoms with van der Waals surface area (Å²) in [6, 6.07) is 13.0. The van der Waals surface area contributed by atoms with Crippen LogP contribution in [0.25, 0.3) is 0 Å². The SMILES string of the molecule is CC1(C)CC(=O)C([C@@H]2c3ccccc3Oc3ccc(Cl)cc32)C(=O)C1. The van der Waals surface area contributed by atoms with Crippen molar-refractivity contribution in [1.82, 2.24) is 0 Å². The number of Topliss-reactive ketones (excluding diaryl/α,β-unsaturated/α-hetero) is 2. The predicted octanol–water partition coefficient (Wildman–Crippen LogP) is 5.15. The lowest BCUT2D eigenvalue weighted by atomic mass is 9.65. The maximum absolute atomic E-state index is 12.9. The van der Waals surface area contributed by atoms with E-state index in [-0.39, 0.29) is 22.9 Å². The quantitative estimate of drug-likeness (QED) is 0.665. The van der Waals surface area contributed by atoms with Gasteiger partial charge in [0.1, 0.15) is 23.1 Å². The summed E-state index contributed by atoms with van der Waals surface area (Å²) >= 11 is 6.20. The van der Waals surface area contributed by atoms with E-state index >= 15 is 0 Å². The minimum absolute atomic E-state index is 0.00822. The van der Waals surface area contributed by atoms with Crippen molar-refractivity contribution in [2.45, 2.75) is 32.6 Å². The fourth-order valence-electron chi connectivity index (χ4n) is 4.11. The zero-order valence-electron chi connectivity index (χ0n) is 14.2. The van der Waals surface area contributed by atoms with E-state index in [9.17, 15) is 9.59 Å². The molecule has 1 saturated carbocycles. The summed E-state index contributed by atoms with van der Waals surface area (Å²) in [6.07, 6.45) is 0.831. The maximum Gasteiger partial charge on any atom is 0.144 e. The molecule has 0 N–H and O–H groups in total. The van der Waals surface area contributed by atoms with Crippen LogP contribution in [0.5, 0.6) is 11.5 Å². The molecule has 0 radical (unpaired) electrons. The van der Waals surface area contributed by atoms with Crippen molar-refractivity contribution in [3.05, 3.63) is 58.6 Å². The highest BCUT2D eigenvalue weighted by Crippen LogP contribution is 2.51. The van der Waals surface area contributed by atoms with Crippen LogP contribution in [0.1, 0.15) is 43.7 Å². The van der Waals surface area contributed by atoms with E-state index in [1.165, 1.54) is 0 Å². The molecule has 2 aromatic rings. The van der Waals surface area contributed by atoms with Crippen molar-refractivity contribution in [3.63, 3.8) is 0 Å². The van der Waals surface area contributed by atoms with Gasteiger partial charge in [-0.15, -0.1) is 0 Å². The van der Waals surface area contributed by atoms with Gasteiger partial charge in [-0.1, -0.05) is 43.6 Å². The molecular weight excluding hydrogens is 336 g/mol. The van der Waals surface area contributed by atoms with Crippen LogP contribution in [0.3, 0.4) is 0 Å². The minimum Gasteiger partial charge on any atom is -0.457 e. The Labute approximate surface area is 152 Å². The molecular formula is C21H19ClO3. The number of fused-ring (bicyclic) bond motifs is 2. The van der Waals surface area contributed by atoms with Crippen LogP contribution in [-0.4, -0.2) is 11.6 Å². The van der Waals surface area contributed by atoms with E-state index in [4.69, 9.17) is 16.3 Å². The van der Waals surface area contributed by atoms with Crippen molar-refractivity contribution in [3.8, 4) is 11.5 Å². The highest BCUT2D eigenvalue weighted by atomic mass is 35.5. The van der Waals surface area contributed by atoms with E-state index < -0.39 is 5.92 Å². The van der Waals surface area contributed by atoms with Crippen LogP contribution in [0, 0.1) is 11.3 Å². The number of hydrogen-bond donors (Lipinski definition) is 0. The summed E-state index contributed by atoms with van der Waals surface area (Å²) < 4.78 is 5.98. The predicted molar refractivity (Wildman–Crippen MR) is 96.3 cm³/mol. The molecule has 0 saturated heterocycles. The zero-order chi connectivity index (χ0) is 17.8. The van der Waals surface area contributed by atoms with E-state index in [0.29, 0.717) is 29.4 Å². The summed E-state index contributed by atoms with van der Waals surface area (Å²) in [6.45, 7) is 3.95. The van der Waals surface area contributed by atoms with Gasteiger partial charge in [0, 0.05) is 34.9 Å². The molecule has 1 fully saturated rings. The van der Waals surface area contributed by atoms with Crippen molar-refractivity contribution >= 4 is 23.2 Å². The van der Waals surface area contributed by atoms with Gasteiger partial charge in [-0.3, -0.25) is 9.59 Å². The van der Waals surface area contributed by atoms with Gasteiger partial charge in [-0.25, -0.2) is 0 Å². The number of rotatable bonds is 1. The lowest BCUT2D eigenvalue weighted by molar-refractivity contribution is -0.140. The first kappa shape index (κ1) is 16.3. The number of para-hydroxylation sites is 1. The Morgan fingerprint density at radius 1 is 0.920 bits per heavy atom. The summed E-state index contributed by atoms with van der Waals surface area (Å²) in [7, 11) is 0. The molecule has 1 aliphatic carbocycles. The summed E-state index contributed by atoms with van der Waals surface area (Å²) in [5.41, 5.74) is 1.42. The fourth-order valence-corrected chi connectivity index (χ4v) is 4.29. The van der Waals surface area contributed by atoms with Gasteiger partial charge in [0.2, 0.25) is 0 Å². The van der Waals surface area contributed by atoms with Crippen LogP contribution in [0.2, 0.25) is 5.02 Å². The molecule has 0 aromatic heterocycles. The van der Waals surface area contributed by atoms with Crippen LogP contribution >= 0.6 is 11.6 Å². The second-order valence-corrected chi connectivity index (χ2v) is 8.16. The van der Waals surface area contributed by atoms with Gasteiger partial charge in [0.25, 0.3) is 0 Å². The first-order valence-corrected chi connectivity index (χ1v) is 8.85. The average molecular weight is 355 g/mol. The molecule has 25 heavy (non-hydrogen) atoms. The lowest BCUT2D eigenvalue weighted by Crippen LogP contribution is -2.41. The van der Waals surface area contributed by atoms with E-state index in [2.05, 4.69) is 0 Å². The van der Waals surface area contributed by atoms with Crippen LogP contribution in [-0.2, 0) is 9.59 Å². The molecule has 2 aliphatic rings. The molecule has 1 aliphatic heterocycles. The minimum atomic E-state index is -0.671. The highest BCUT2D eigenvalue weighted by Gasteiger charge is 2.46. The Bertz CT molecular complexity index is 864. The van der Waals surface area contributed by atoms with Gasteiger partial charge in [0.15, 0.2) is 0 Å². The van der Waals surface area contributed by atoms with Crippen molar-refractivity contribution in [2.75, 3.05) is 0 Å². The van der Waals surface area contributed by atoms with Crippen molar-refractivity contribution < 1.29 is 14.3 Å². The smallest absolute Gasteiger partial charge is 0.144 e. The third-order valence-electron chi connectivity index (χ3n) is 5.11. The Morgan fingerprint density at radius 3 is 2.28 bits per heavy atom. The van der Waals surface area contributed by atoms with Crippen molar-refractivity contribution in [2.24, 2.45) is 11.3 Å². The zero-order valence-corrected chi connectivity index (χ0v) is 15.0. The molecule has 2 aromatic carbocycles. The van der Waals surface area contributed by atoms with Gasteiger partial charge in [-0.05, 0) is 29.7 Å². The van der Waals surface area contributed by atoms with Gasteiger partial charge in [-0.2, -0.15) is 0 Å². The lowest BCUT2D eigenvalue weighted by Gasteiger charge is -2.38. The Hall–Kier alpha value is -2.13. The normalized spacial score (nSPS) is 22.1. The number of carbonyl (C=O) groups is 2. The molecule has 0 bridgehead atoms. The number of hydrogen-bond acceptors (Lipinski definition) is 3. The molecule has 0 spiro atoms. The standard InChI is InChI=1S/C21H19ClO3/c1-21(2)10-15(23)20(16(24)11-21)19-13-5-3-4-6-17(13)25-18-8-7-12(22)9-14(18)19/h3-9,19-20H,10-11H2,1-2H3/t19-/m1/s1. The third-order valence-corrected chi connectivity index (χ3v) is 5.35. The molecule has 4 rings (SSSR count). The Kier molecular flexibility index (Phi) is 3.73. The second kappa shape index (κ2) is 5.70. The number of ketones is 2. The van der Waals surface area contributed by atoms with Gasteiger partial charge >= 0.3 is 0 Å². The van der Waals surface area contributed by atoms with Crippen LogP contribution < -0.4 is 4.74 Å². The molecule has 0 amide bonds. The van der Waals surface area contributed by atoms with Crippen LogP contribution in [0.15, 0.2) is 42.5 Å². The summed E-state index contributed by atoms with van der Waals surface area (Å²) in [5.74, 6) is 0.374. The molecule has 0 unspecified atom stereocenters. The largest absolute Gasteiger partial charge is 0.457 e. The topological polar surface area (TPSA) is 43.4 Å². The van der Waals surface area contributed by atoms with E-state index in [1.54, 1.807) is 6.07 Å². The first-order chi connectivity index (χ1) is 11.9. The van der Waals surface area contributed by atoms with Gasteiger partial charge < -0.3 is 4.74 Å². The second-order valence-electron chi connectivity index (χ2n) is 7.73. The first-order valence-electron chi connectivity index (χ1n) is 8.47. The highest BCUT2D eigenvalue weighted by molar-refractivity contribution is 6.30. The fraction of sp³-hybridized carbons (Fsp3) is 0.333. The van der Waals surface area contributed by atoms with E-state index in [1.807, 2.05) is 50.2 Å². The average Bonchev–Trinajstić information content (AvgIpc) is 2.53. The van der Waals surface area contributed by atoms with Gasteiger partial charge in [0.05, 0.1) is 5.92 Å². The maximum atomic E-state index is 12.9. The van der Waals surface area contributed by atoms with Crippen molar-refractivity contribution in [1.29, 1.82) is 0 Å². The molecule has 128 valence electrons. The molecule has 3 nitrogen and oxygen atoms in total. The third kappa shape index (κ3) is 2.77. The number of carbonyl (C=O) groups excluding carboxylic acids is 2. The summed E-state index contributed by atoms with van der Waals surface area (Å²) in [5, 5.41) is 0.572. The molecule has 1 atom stereocenters. The van der Waals surface area contributed by atoms with Crippen LogP contribution in [0.4, 0.5) is 0 Å². The molecule has 1 heterocycles.